The second kappa shape index (κ2) is 4.72. The minimum atomic E-state index is -0.402. The molecule has 2 atom stereocenters. The van der Waals surface area contributed by atoms with Crippen molar-refractivity contribution in [3.8, 4) is 0 Å². The molecule has 0 aliphatic heterocycles. The van der Waals surface area contributed by atoms with Crippen LogP contribution in [-0.2, 0) is 6.42 Å². The summed E-state index contributed by atoms with van der Waals surface area (Å²) in [5, 5.41) is 14.2. The second-order valence-electron chi connectivity index (χ2n) is 5.48. The molecule has 1 nitrogen and oxygen atoms in total. The molecule has 0 amide bonds. The Labute approximate surface area is 122 Å². The molecular formula is C18H16OS. The second-order valence-corrected chi connectivity index (χ2v) is 6.39. The van der Waals surface area contributed by atoms with Gasteiger partial charge in [0.25, 0.3) is 0 Å². The molecule has 0 fully saturated rings. The lowest BCUT2D eigenvalue weighted by Gasteiger charge is -2.20. The fourth-order valence-corrected chi connectivity index (χ4v) is 4.33. The Morgan fingerprint density at radius 3 is 2.90 bits per heavy atom. The van der Waals surface area contributed by atoms with Gasteiger partial charge in [-0.1, -0.05) is 42.5 Å². The van der Waals surface area contributed by atoms with Crippen molar-refractivity contribution in [3.63, 3.8) is 0 Å². The molecule has 4 rings (SSSR count). The molecule has 2 heteroatoms. The summed E-state index contributed by atoms with van der Waals surface area (Å²) >= 11 is 1.72. The maximum Gasteiger partial charge on any atom is 0.0872 e. The first-order valence-electron chi connectivity index (χ1n) is 7.06. The molecule has 1 N–H and O–H groups in total. The van der Waals surface area contributed by atoms with E-state index in [-0.39, 0.29) is 5.92 Å². The summed E-state index contributed by atoms with van der Waals surface area (Å²) < 4.78 is 1.23. The molecule has 1 aliphatic carbocycles. The predicted octanol–water partition coefficient (Wildman–Crippen LogP) is 4.66. The Kier molecular flexibility index (Phi) is 2.86. The van der Waals surface area contributed by atoms with Crippen LogP contribution < -0.4 is 0 Å². The van der Waals surface area contributed by atoms with Crippen molar-refractivity contribution in [1.82, 2.24) is 0 Å². The molecule has 3 aromatic rings. The van der Waals surface area contributed by atoms with Crippen molar-refractivity contribution in [2.75, 3.05) is 0 Å². The van der Waals surface area contributed by atoms with Crippen molar-refractivity contribution < 1.29 is 5.11 Å². The number of aliphatic hydroxyl groups is 1. The van der Waals surface area contributed by atoms with Crippen molar-refractivity contribution in [3.05, 3.63) is 70.6 Å². The van der Waals surface area contributed by atoms with Crippen LogP contribution in [0.15, 0.2) is 53.9 Å². The number of thiophene rings is 1. The van der Waals surface area contributed by atoms with E-state index in [2.05, 4.69) is 53.9 Å². The van der Waals surface area contributed by atoms with Gasteiger partial charge in [-0.05, 0) is 46.4 Å². The smallest absolute Gasteiger partial charge is 0.0872 e. The van der Waals surface area contributed by atoms with Crippen LogP contribution in [0.4, 0.5) is 0 Å². The number of hydrogen-bond donors (Lipinski definition) is 1. The van der Waals surface area contributed by atoms with Crippen LogP contribution in [0.1, 0.15) is 35.1 Å². The third-order valence-corrected chi connectivity index (χ3v) is 5.37. The van der Waals surface area contributed by atoms with Gasteiger partial charge < -0.3 is 5.11 Å². The lowest BCUT2D eigenvalue weighted by molar-refractivity contribution is 0.146. The quantitative estimate of drug-likeness (QED) is 0.723. The van der Waals surface area contributed by atoms with Gasteiger partial charge in [0.2, 0.25) is 0 Å². The standard InChI is InChI=1S/C18H16OS/c19-17(15-9-8-12-4-1-2-6-14(12)15)16-7-3-5-13-10-11-20-18(13)16/h1-7,10-11,15,17,19H,8-9H2. The highest BCUT2D eigenvalue weighted by Gasteiger charge is 2.30. The van der Waals surface area contributed by atoms with Gasteiger partial charge in [0.1, 0.15) is 0 Å². The highest BCUT2D eigenvalue weighted by molar-refractivity contribution is 7.17. The third kappa shape index (κ3) is 1.80. The van der Waals surface area contributed by atoms with E-state index in [4.69, 9.17) is 0 Å². The molecule has 0 saturated heterocycles. The third-order valence-electron chi connectivity index (χ3n) is 4.39. The van der Waals surface area contributed by atoms with Crippen molar-refractivity contribution >= 4 is 21.4 Å². The molecule has 0 bridgehead atoms. The van der Waals surface area contributed by atoms with E-state index in [1.165, 1.54) is 21.2 Å². The van der Waals surface area contributed by atoms with E-state index in [0.29, 0.717) is 0 Å². The molecule has 2 unspecified atom stereocenters. The first kappa shape index (κ1) is 12.1. The Hall–Kier alpha value is -1.64. The van der Waals surface area contributed by atoms with Gasteiger partial charge in [0.05, 0.1) is 6.10 Å². The molecule has 1 aromatic heterocycles. The van der Waals surface area contributed by atoms with Crippen LogP contribution in [0.25, 0.3) is 10.1 Å². The van der Waals surface area contributed by atoms with Crippen LogP contribution >= 0.6 is 11.3 Å². The molecule has 1 aliphatic rings. The van der Waals surface area contributed by atoms with Crippen molar-refractivity contribution in [2.45, 2.75) is 24.9 Å². The summed E-state index contributed by atoms with van der Waals surface area (Å²) in [6.07, 6.45) is 1.72. The van der Waals surface area contributed by atoms with Crippen LogP contribution in [0.5, 0.6) is 0 Å². The lowest BCUT2D eigenvalue weighted by atomic mass is 9.90. The van der Waals surface area contributed by atoms with Gasteiger partial charge in [0.15, 0.2) is 0 Å². The molecule has 0 radical (unpaired) electrons. The zero-order valence-electron chi connectivity index (χ0n) is 11.1. The number of fused-ring (bicyclic) bond motifs is 2. The molecule has 2 aromatic carbocycles. The molecule has 100 valence electrons. The summed E-state index contributed by atoms with van der Waals surface area (Å²) in [5.41, 5.74) is 3.81. The van der Waals surface area contributed by atoms with Gasteiger partial charge in [-0.3, -0.25) is 0 Å². The number of aliphatic hydroxyl groups excluding tert-OH is 1. The topological polar surface area (TPSA) is 20.2 Å². The molecule has 0 spiro atoms. The number of rotatable bonds is 2. The zero-order valence-corrected chi connectivity index (χ0v) is 11.9. The van der Waals surface area contributed by atoms with E-state index < -0.39 is 6.10 Å². The Morgan fingerprint density at radius 1 is 1.05 bits per heavy atom. The molecule has 20 heavy (non-hydrogen) atoms. The minimum Gasteiger partial charge on any atom is -0.388 e. The minimum absolute atomic E-state index is 0.235. The molecule has 0 saturated carbocycles. The number of aryl methyl sites for hydroxylation is 1. The number of benzene rings is 2. The maximum atomic E-state index is 10.9. The van der Waals surface area contributed by atoms with E-state index in [0.717, 1.165) is 18.4 Å². The fourth-order valence-electron chi connectivity index (χ4n) is 3.38. The van der Waals surface area contributed by atoms with Gasteiger partial charge in [-0.2, -0.15) is 0 Å². The lowest BCUT2D eigenvalue weighted by Crippen LogP contribution is -2.08. The normalized spacial score (nSPS) is 19.1. The fraction of sp³-hybridized carbons (Fsp3) is 0.222. The summed E-state index contributed by atoms with van der Waals surface area (Å²) in [5.74, 6) is 0.235. The summed E-state index contributed by atoms with van der Waals surface area (Å²) in [6.45, 7) is 0. The Bertz CT molecular complexity index is 759. The summed E-state index contributed by atoms with van der Waals surface area (Å²) in [6, 6.07) is 16.9. The van der Waals surface area contributed by atoms with Crippen LogP contribution in [-0.4, -0.2) is 5.11 Å². The molecule has 1 heterocycles. The zero-order chi connectivity index (χ0) is 13.5. The van der Waals surface area contributed by atoms with Crippen LogP contribution in [0.3, 0.4) is 0 Å². The summed E-state index contributed by atoms with van der Waals surface area (Å²) in [4.78, 5) is 0. The van der Waals surface area contributed by atoms with Gasteiger partial charge in [-0.25, -0.2) is 0 Å². The monoisotopic (exact) mass is 280 g/mol. The van der Waals surface area contributed by atoms with E-state index in [9.17, 15) is 5.11 Å². The number of hydrogen-bond acceptors (Lipinski definition) is 2. The first-order chi connectivity index (χ1) is 9.84. The van der Waals surface area contributed by atoms with E-state index in [1.807, 2.05) is 0 Å². The van der Waals surface area contributed by atoms with E-state index >= 15 is 0 Å². The van der Waals surface area contributed by atoms with Gasteiger partial charge >= 0.3 is 0 Å². The van der Waals surface area contributed by atoms with Crippen molar-refractivity contribution in [1.29, 1.82) is 0 Å². The average molecular weight is 280 g/mol. The predicted molar refractivity (Wildman–Crippen MR) is 84.3 cm³/mol. The van der Waals surface area contributed by atoms with Crippen LogP contribution in [0.2, 0.25) is 0 Å². The van der Waals surface area contributed by atoms with Gasteiger partial charge in [-0.15, -0.1) is 11.3 Å². The molecular weight excluding hydrogens is 264 g/mol. The SMILES string of the molecule is OC(c1cccc2ccsc12)C1CCc2ccccc21. The van der Waals surface area contributed by atoms with E-state index in [1.54, 1.807) is 11.3 Å². The highest BCUT2D eigenvalue weighted by Crippen LogP contribution is 2.43. The Morgan fingerprint density at radius 2 is 1.95 bits per heavy atom. The largest absolute Gasteiger partial charge is 0.388 e. The average Bonchev–Trinajstić information content (AvgIpc) is 3.12. The first-order valence-corrected chi connectivity index (χ1v) is 7.94. The van der Waals surface area contributed by atoms with Gasteiger partial charge in [0, 0.05) is 10.6 Å². The summed E-state index contributed by atoms with van der Waals surface area (Å²) in [7, 11) is 0. The van der Waals surface area contributed by atoms with Crippen LogP contribution in [0, 0.1) is 0 Å². The maximum absolute atomic E-state index is 10.9. The Balaban J connectivity index is 1.78. The highest BCUT2D eigenvalue weighted by atomic mass is 32.1. The van der Waals surface area contributed by atoms with Crippen molar-refractivity contribution in [2.24, 2.45) is 0 Å².